The number of aromatic nitrogens is 6. The van der Waals surface area contributed by atoms with E-state index in [1.54, 1.807) is 15.4 Å². The van der Waals surface area contributed by atoms with Gasteiger partial charge in [0.1, 0.15) is 5.69 Å². The molecule has 31 heavy (non-hydrogen) atoms. The van der Waals surface area contributed by atoms with Crippen molar-refractivity contribution in [2.75, 3.05) is 13.6 Å². The van der Waals surface area contributed by atoms with Gasteiger partial charge >= 0.3 is 0 Å². The Labute approximate surface area is 179 Å². The topological polar surface area (TPSA) is 81.2 Å². The molecule has 4 aromatic heterocycles. The first-order valence-electron chi connectivity index (χ1n) is 10.9. The van der Waals surface area contributed by atoms with Crippen LogP contribution >= 0.6 is 0 Å². The van der Waals surface area contributed by atoms with E-state index >= 15 is 0 Å². The quantitative estimate of drug-likeness (QED) is 0.501. The molecule has 0 aromatic carbocycles. The van der Waals surface area contributed by atoms with E-state index in [4.69, 9.17) is 4.98 Å². The number of fused-ring (bicyclic) bond motifs is 2. The van der Waals surface area contributed by atoms with Gasteiger partial charge in [-0.15, -0.1) is 0 Å². The summed E-state index contributed by atoms with van der Waals surface area (Å²) in [5, 5.41) is 9.81. The minimum Gasteiger partial charge on any atom is -0.301 e. The van der Waals surface area contributed by atoms with E-state index < -0.39 is 0 Å². The number of nitrogens with zero attached hydrogens (tertiary/aromatic N) is 7. The summed E-state index contributed by atoms with van der Waals surface area (Å²) in [4.78, 5) is 24.9. The molecule has 1 aliphatic carbocycles. The predicted octanol–water partition coefficient (Wildman–Crippen LogP) is 2.92. The van der Waals surface area contributed by atoms with Gasteiger partial charge in [0.05, 0.1) is 40.7 Å². The van der Waals surface area contributed by atoms with Crippen molar-refractivity contribution in [3.05, 3.63) is 52.2 Å². The summed E-state index contributed by atoms with van der Waals surface area (Å²) < 4.78 is 3.48. The van der Waals surface area contributed by atoms with E-state index in [9.17, 15) is 4.79 Å². The van der Waals surface area contributed by atoms with Gasteiger partial charge in [-0.1, -0.05) is 0 Å². The molecule has 1 aliphatic heterocycles. The van der Waals surface area contributed by atoms with Crippen LogP contribution in [0.3, 0.4) is 0 Å². The second-order valence-corrected chi connectivity index (χ2v) is 9.18. The molecule has 0 radical (unpaired) electrons. The Balaban J connectivity index is 1.39. The van der Waals surface area contributed by atoms with Crippen LogP contribution in [0.4, 0.5) is 0 Å². The Bertz CT molecular complexity index is 1400. The first kappa shape index (κ1) is 18.6. The van der Waals surface area contributed by atoms with Gasteiger partial charge in [-0.3, -0.25) is 4.79 Å². The molecule has 5 heterocycles. The smallest absolute Gasteiger partial charge is 0.276 e. The van der Waals surface area contributed by atoms with Crippen LogP contribution in [-0.2, 0) is 0 Å². The van der Waals surface area contributed by atoms with E-state index in [0.29, 0.717) is 10.9 Å². The summed E-state index contributed by atoms with van der Waals surface area (Å²) in [6.45, 7) is 4.98. The lowest BCUT2D eigenvalue weighted by Gasteiger charge is -2.37. The third-order valence-corrected chi connectivity index (χ3v) is 7.06. The molecule has 2 fully saturated rings. The molecule has 1 atom stereocenters. The van der Waals surface area contributed by atoms with Crippen molar-refractivity contribution >= 4 is 16.6 Å². The minimum absolute atomic E-state index is 0.0493. The van der Waals surface area contributed by atoms with Gasteiger partial charge in [0.2, 0.25) is 0 Å². The van der Waals surface area contributed by atoms with Crippen LogP contribution in [0.1, 0.15) is 43.0 Å². The van der Waals surface area contributed by atoms with Gasteiger partial charge < -0.3 is 4.90 Å². The highest BCUT2D eigenvalue weighted by Crippen LogP contribution is 2.50. The lowest BCUT2D eigenvalue weighted by molar-refractivity contribution is 0.119. The fraction of sp³-hybridized carbons (Fsp3) is 0.435. The number of hydrogen-bond donors (Lipinski definition) is 0. The highest BCUT2D eigenvalue weighted by Gasteiger charge is 2.50. The number of pyridine rings is 1. The van der Waals surface area contributed by atoms with Crippen molar-refractivity contribution in [3.8, 4) is 11.4 Å². The number of piperidine rings is 1. The lowest BCUT2D eigenvalue weighted by atomic mass is 9.95. The zero-order valence-electron chi connectivity index (χ0n) is 18.0. The van der Waals surface area contributed by atoms with E-state index in [1.165, 1.54) is 12.8 Å². The van der Waals surface area contributed by atoms with Gasteiger partial charge in [0.15, 0.2) is 5.65 Å². The van der Waals surface area contributed by atoms with Gasteiger partial charge in [0, 0.05) is 12.1 Å². The second kappa shape index (κ2) is 6.43. The molecule has 4 aromatic rings. The summed E-state index contributed by atoms with van der Waals surface area (Å²) in [5.74, 6) is 0. The third kappa shape index (κ3) is 2.89. The van der Waals surface area contributed by atoms with Crippen molar-refractivity contribution in [2.24, 2.45) is 0 Å². The molecule has 1 saturated carbocycles. The van der Waals surface area contributed by atoms with Gasteiger partial charge in [-0.05, 0) is 70.3 Å². The maximum atomic E-state index is 13.2. The monoisotopic (exact) mass is 415 g/mol. The Hall–Kier alpha value is -3.13. The molecule has 158 valence electrons. The summed E-state index contributed by atoms with van der Waals surface area (Å²) in [6.07, 6.45) is 8.03. The first-order valence-corrected chi connectivity index (χ1v) is 10.9. The number of aryl methyl sites for hydroxylation is 2. The predicted molar refractivity (Wildman–Crippen MR) is 118 cm³/mol. The molecule has 1 spiro atoms. The summed E-state index contributed by atoms with van der Waals surface area (Å²) in [5.41, 5.74) is 5.11. The number of hydrogen-bond acceptors (Lipinski definition) is 6. The van der Waals surface area contributed by atoms with Crippen molar-refractivity contribution in [1.29, 1.82) is 0 Å². The highest BCUT2D eigenvalue weighted by molar-refractivity contribution is 5.79. The van der Waals surface area contributed by atoms with Gasteiger partial charge in [-0.25, -0.2) is 19.2 Å². The molecule has 0 N–H and O–H groups in total. The molecule has 2 aliphatic rings. The number of rotatable bonds is 2. The molecule has 6 rings (SSSR count). The average molecular weight is 416 g/mol. The maximum absolute atomic E-state index is 13.2. The molecule has 1 saturated heterocycles. The third-order valence-electron chi connectivity index (χ3n) is 7.06. The van der Waals surface area contributed by atoms with E-state index in [0.717, 1.165) is 47.7 Å². The summed E-state index contributed by atoms with van der Waals surface area (Å²) in [7, 11) is 2.20. The average Bonchev–Trinajstić information content (AvgIpc) is 3.42. The fourth-order valence-corrected chi connectivity index (χ4v) is 5.03. The van der Waals surface area contributed by atoms with Crippen molar-refractivity contribution < 1.29 is 0 Å². The zero-order chi connectivity index (χ0) is 21.3. The maximum Gasteiger partial charge on any atom is 0.276 e. The van der Waals surface area contributed by atoms with Crippen LogP contribution in [0.2, 0.25) is 0 Å². The number of likely N-dealkylation sites (tertiary alicyclic amines) is 1. The second-order valence-electron chi connectivity index (χ2n) is 9.18. The SMILES string of the molecule is Cc1cn2nc(-c3ccc4c(=O)n([C@H]5CCN(C)C6(CC6)C5)ncc4n3)cc(C)c2n1. The van der Waals surface area contributed by atoms with E-state index in [2.05, 4.69) is 27.1 Å². The van der Waals surface area contributed by atoms with Crippen molar-refractivity contribution in [2.45, 2.75) is 51.1 Å². The van der Waals surface area contributed by atoms with Crippen LogP contribution in [0, 0.1) is 13.8 Å². The van der Waals surface area contributed by atoms with E-state index in [1.807, 2.05) is 38.2 Å². The van der Waals surface area contributed by atoms with Crippen LogP contribution in [0.15, 0.2) is 35.4 Å². The Morgan fingerprint density at radius 1 is 1.13 bits per heavy atom. The largest absolute Gasteiger partial charge is 0.301 e. The van der Waals surface area contributed by atoms with Crippen molar-refractivity contribution in [1.82, 2.24) is 34.3 Å². The van der Waals surface area contributed by atoms with Crippen LogP contribution in [0.25, 0.3) is 27.9 Å². The molecular weight excluding hydrogens is 390 g/mol. The Morgan fingerprint density at radius 3 is 2.77 bits per heavy atom. The van der Waals surface area contributed by atoms with Gasteiger partial charge in [0.25, 0.3) is 5.56 Å². The molecule has 8 heteroatoms. The van der Waals surface area contributed by atoms with Crippen molar-refractivity contribution in [3.63, 3.8) is 0 Å². The Kier molecular flexibility index (Phi) is 3.87. The number of imidazole rings is 1. The van der Waals surface area contributed by atoms with Crippen LogP contribution < -0.4 is 5.56 Å². The first-order chi connectivity index (χ1) is 14.9. The Morgan fingerprint density at radius 2 is 1.97 bits per heavy atom. The van der Waals surface area contributed by atoms with Gasteiger partial charge in [-0.2, -0.15) is 10.2 Å². The standard InChI is InChI=1S/C23H25N7O/c1-14-10-19(27-29-13-15(2)25-21(14)29)18-5-4-17-20(26-18)12-24-30(22(17)31)16-6-9-28(3)23(11-16)7-8-23/h4-5,10,12-13,16H,6-9,11H2,1-3H3/t16-/m0/s1. The molecule has 0 amide bonds. The highest BCUT2D eigenvalue weighted by atomic mass is 16.1. The van der Waals surface area contributed by atoms with Crippen LogP contribution in [0.5, 0.6) is 0 Å². The fourth-order valence-electron chi connectivity index (χ4n) is 5.03. The van der Waals surface area contributed by atoms with Crippen LogP contribution in [-0.4, -0.2) is 53.4 Å². The molecular formula is C23H25N7O. The summed E-state index contributed by atoms with van der Waals surface area (Å²) in [6, 6.07) is 5.88. The lowest BCUT2D eigenvalue weighted by Crippen LogP contribution is -2.44. The molecule has 0 unspecified atom stereocenters. The van der Waals surface area contributed by atoms with E-state index in [-0.39, 0.29) is 17.1 Å². The summed E-state index contributed by atoms with van der Waals surface area (Å²) >= 11 is 0. The molecule has 8 nitrogen and oxygen atoms in total. The zero-order valence-corrected chi connectivity index (χ0v) is 18.0. The normalized spacial score (nSPS) is 20.7. The minimum atomic E-state index is -0.0493. The molecule has 0 bridgehead atoms.